The normalized spacial score (nSPS) is 15.0. The van der Waals surface area contributed by atoms with Crippen LogP contribution in [0.25, 0.3) is 20.8 Å². The Kier molecular flexibility index (Phi) is 7.31. The van der Waals surface area contributed by atoms with Crippen LogP contribution in [-0.4, -0.2) is 38.6 Å². The van der Waals surface area contributed by atoms with Crippen LogP contribution in [0.4, 0.5) is 11.4 Å². The molecule has 0 bridgehead atoms. The summed E-state index contributed by atoms with van der Waals surface area (Å²) in [5.41, 5.74) is 2.87. The molecule has 2 aromatic heterocycles. The summed E-state index contributed by atoms with van der Waals surface area (Å²) in [7, 11) is 0. The van der Waals surface area contributed by atoms with Gasteiger partial charge in [-0.15, -0.1) is 22.7 Å². The maximum Gasteiger partial charge on any atom is 0.288 e. The van der Waals surface area contributed by atoms with E-state index in [1.165, 1.54) is 28.4 Å². The van der Waals surface area contributed by atoms with Gasteiger partial charge in [0.15, 0.2) is 0 Å². The first-order valence-electron chi connectivity index (χ1n) is 12.8. The highest BCUT2D eigenvalue weighted by Gasteiger charge is 2.45. The Balaban J connectivity index is 1.29. The van der Waals surface area contributed by atoms with Crippen molar-refractivity contribution in [3.63, 3.8) is 0 Å². The molecule has 1 aliphatic heterocycles. The Hall–Kier alpha value is -4.45. The lowest BCUT2D eigenvalue weighted by atomic mass is 10.1. The zero-order valence-electron chi connectivity index (χ0n) is 22.0. The SMILES string of the molecule is Cc1ccc2nc(-c3ccc(N4C(=O)CC(N(Cc5cccs5)C(=O)c5ccc(Cl)c([N+](=O)[O-])c5)C4=O)cc3)sc2c1. The minimum Gasteiger partial charge on any atom is -0.321 e. The fraction of sp³-hybridized carbons (Fsp3) is 0.133. The summed E-state index contributed by atoms with van der Waals surface area (Å²) in [5.74, 6) is -1.60. The van der Waals surface area contributed by atoms with Gasteiger partial charge in [0.1, 0.15) is 16.1 Å². The molecule has 0 aliphatic carbocycles. The van der Waals surface area contributed by atoms with Gasteiger partial charge in [0.2, 0.25) is 5.91 Å². The van der Waals surface area contributed by atoms with E-state index in [-0.39, 0.29) is 23.6 Å². The Morgan fingerprint density at radius 2 is 1.90 bits per heavy atom. The number of nitro groups is 1. The van der Waals surface area contributed by atoms with E-state index in [1.807, 2.05) is 48.7 Å². The first-order valence-corrected chi connectivity index (χ1v) is 14.9. The quantitative estimate of drug-likeness (QED) is 0.112. The second kappa shape index (κ2) is 11.1. The van der Waals surface area contributed by atoms with Crippen LogP contribution in [0.2, 0.25) is 5.02 Å². The fourth-order valence-electron chi connectivity index (χ4n) is 4.88. The van der Waals surface area contributed by atoms with Crippen molar-refractivity contribution in [2.45, 2.75) is 25.9 Å². The number of imide groups is 1. The third-order valence-electron chi connectivity index (χ3n) is 6.97. The van der Waals surface area contributed by atoms with E-state index in [1.54, 1.807) is 23.5 Å². The highest BCUT2D eigenvalue weighted by atomic mass is 35.5. The first kappa shape index (κ1) is 27.7. The van der Waals surface area contributed by atoms with Crippen LogP contribution in [-0.2, 0) is 16.1 Å². The number of fused-ring (bicyclic) bond motifs is 1. The van der Waals surface area contributed by atoms with Crippen molar-refractivity contribution in [3.05, 3.63) is 109 Å². The number of amides is 3. The summed E-state index contributed by atoms with van der Waals surface area (Å²) in [6.45, 7) is 2.08. The molecule has 42 heavy (non-hydrogen) atoms. The summed E-state index contributed by atoms with van der Waals surface area (Å²) in [6, 6.07) is 19.4. The summed E-state index contributed by atoms with van der Waals surface area (Å²) in [6.07, 6.45) is -0.218. The van der Waals surface area contributed by atoms with Gasteiger partial charge in [-0.25, -0.2) is 9.88 Å². The van der Waals surface area contributed by atoms with E-state index in [9.17, 15) is 24.5 Å². The molecule has 1 unspecified atom stereocenters. The number of benzene rings is 3. The third-order valence-corrected chi connectivity index (χ3v) is 9.22. The van der Waals surface area contributed by atoms with Gasteiger partial charge in [0, 0.05) is 22.1 Å². The molecule has 1 saturated heterocycles. The molecule has 0 N–H and O–H groups in total. The molecule has 1 fully saturated rings. The molecule has 12 heteroatoms. The molecule has 9 nitrogen and oxygen atoms in total. The third kappa shape index (κ3) is 5.18. The lowest BCUT2D eigenvalue weighted by molar-refractivity contribution is -0.384. The predicted octanol–water partition coefficient (Wildman–Crippen LogP) is 6.87. The molecule has 1 atom stereocenters. The highest BCUT2D eigenvalue weighted by molar-refractivity contribution is 7.21. The van der Waals surface area contributed by atoms with Gasteiger partial charge >= 0.3 is 0 Å². The number of carbonyl (C=O) groups excluding carboxylic acids is 3. The molecular weight excluding hydrogens is 596 g/mol. The number of aryl methyl sites for hydroxylation is 1. The van der Waals surface area contributed by atoms with Crippen molar-refractivity contribution in [1.29, 1.82) is 0 Å². The number of aromatic nitrogens is 1. The largest absolute Gasteiger partial charge is 0.321 e. The van der Waals surface area contributed by atoms with Crippen LogP contribution in [0, 0.1) is 17.0 Å². The van der Waals surface area contributed by atoms with Crippen molar-refractivity contribution < 1.29 is 19.3 Å². The summed E-state index contributed by atoms with van der Waals surface area (Å²) >= 11 is 8.91. The maximum absolute atomic E-state index is 13.7. The maximum atomic E-state index is 13.7. The fourth-order valence-corrected chi connectivity index (χ4v) is 6.84. The number of nitrogens with zero attached hydrogens (tertiary/aromatic N) is 4. The standard InChI is InChI=1S/C30H21ClN4O5S2/c1-17-4-11-23-26(13-17)42-28(32-23)18-5-8-20(9-6-18)34-27(36)15-25(30(34)38)33(16-21-3-2-12-41-21)29(37)19-7-10-22(31)24(14-19)35(39)40/h2-14,25H,15-16H2,1H3. The second-order valence-corrected chi connectivity index (χ2v) is 12.2. The minimum absolute atomic E-state index is 0.00302. The van der Waals surface area contributed by atoms with Gasteiger partial charge in [0.05, 0.1) is 33.8 Å². The van der Waals surface area contributed by atoms with Crippen molar-refractivity contribution in [1.82, 2.24) is 9.88 Å². The van der Waals surface area contributed by atoms with E-state index >= 15 is 0 Å². The van der Waals surface area contributed by atoms with Crippen molar-refractivity contribution in [2.75, 3.05) is 4.90 Å². The molecule has 3 heterocycles. The highest BCUT2D eigenvalue weighted by Crippen LogP contribution is 2.34. The monoisotopic (exact) mass is 616 g/mol. The van der Waals surface area contributed by atoms with E-state index < -0.39 is 34.4 Å². The van der Waals surface area contributed by atoms with Crippen LogP contribution >= 0.6 is 34.3 Å². The van der Waals surface area contributed by atoms with E-state index in [2.05, 4.69) is 6.07 Å². The summed E-state index contributed by atoms with van der Waals surface area (Å²) < 4.78 is 1.07. The van der Waals surface area contributed by atoms with Gasteiger partial charge in [-0.3, -0.25) is 24.5 Å². The Morgan fingerprint density at radius 1 is 1.12 bits per heavy atom. The topological polar surface area (TPSA) is 114 Å². The van der Waals surface area contributed by atoms with Crippen LogP contribution < -0.4 is 4.90 Å². The predicted molar refractivity (Wildman–Crippen MR) is 163 cm³/mol. The molecule has 3 aromatic carbocycles. The molecular formula is C30H21ClN4O5S2. The smallest absolute Gasteiger partial charge is 0.288 e. The molecule has 6 rings (SSSR count). The number of hydrogen-bond donors (Lipinski definition) is 0. The average molecular weight is 617 g/mol. The lowest BCUT2D eigenvalue weighted by Gasteiger charge is -2.27. The number of carbonyl (C=O) groups is 3. The zero-order chi connectivity index (χ0) is 29.5. The van der Waals surface area contributed by atoms with Gasteiger partial charge < -0.3 is 4.90 Å². The molecule has 1 aliphatic rings. The number of thiazole rings is 1. The minimum atomic E-state index is -1.09. The van der Waals surface area contributed by atoms with Gasteiger partial charge in [-0.05, 0) is 72.5 Å². The Bertz CT molecular complexity index is 1870. The van der Waals surface area contributed by atoms with Crippen LogP contribution in [0.1, 0.15) is 27.2 Å². The van der Waals surface area contributed by atoms with E-state index in [0.29, 0.717) is 5.69 Å². The second-order valence-electron chi connectivity index (χ2n) is 9.76. The molecule has 0 saturated carbocycles. The van der Waals surface area contributed by atoms with Crippen molar-refractivity contribution in [2.24, 2.45) is 0 Å². The zero-order valence-corrected chi connectivity index (χ0v) is 24.4. The Morgan fingerprint density at radius 3 is 2.62 bits per heavy atom. The van der Waals surface area contributed by atoms with Gasteiger partial charge in [-0.2, -0.15) is 0 Å². The van der Waals surface area contributed by atoms with Crippen molar-refractivity contribution >= 4 is 73.6 Å². The summed E-state index contributed by atoms with van der Waals surface area (Å²) in [5, 5.41) is 14.0. The Labute approximate surface area is 252 Å². The molecule has 210 valence electrons. The number of thiophene rings is 1. The van der Waals surface area contributed by atoms with Crippen molar-refractivity contribution in [3.8, 4) is 10.6 Å². The summed E-state index contributed by atoms with van der Waals surface area (Å²) in [4.78, 5) is 59.3. The van der Waals surface area contributed by atoms with Gasteiger partial charge in [0.25, 0.3) is 17.5 Å². The van der Waals surface area contributed by atoms with Crippen LogP contribution in [0.3, 0.4) is 0 Å². The van der Waals surface area contributed by atoms with Gasteiger partial charge in [-0.1, -0.05) is 23.7 Å². The van der Waals surface area contributed by atoms with E-state index in [4.69, 9.17) is 16.6 Å². The molecule has 0 spiro atoms. The number of nitro benzene ring substituents is 1. The number of halogens is 1. The number of hydrogen-bond acceptors (Lipinski definition) is 8. The molecule has 3 amide bonds. The molecule has 5 aromatic rings. The molecule has 0 radical (unpaired) electrons. The number of rotatable bonds is 7. The van der Waals surface area contributed by atoms with E-state index in [0.717, 1.165) is 42.2 Å². The number of anilines is 1. The van der Waals surface area contributed by atoms with Crippen LogP contribution in [0.5, 0.6) is 0 Å². The first-order chi connectivity index (χ1) is 20.2. The lowest BCUT2D eigenvalue weighted by Crippen LogP contribution is -2.45. The van der Waals surface area contributed by atoms with Crippen LogP contribution in [0.15, 0.2) is 78.2 Å². The average Bonchev–Trinajstić information content (AvgIpc) is 3.70.